The Morgan fingerprint density at radius 3 is 2.47 bits per heavy atom. The van der Waals surface area contributed by atoms with Crippen LogP contribution in [0.15, 0.2) is 53.5 Å². The van der Waals surface area contributed by atoms with Crippen LogP contribution in [0.25, 0.3) is 0 Å². The Labute approximate surface area is 180 Å². The molecule has 0 unspecified atom stereocenters. The lowest BCUT2D eigenvalue weighted by atomic mass is 10.1. The third-order valence-electron chi connectivity index (χ3n) is 5.53. The third kappa shape index (κ3) is 6.09. The molecule has 5 nitrogen and oxygen atoms in total. The van der Waals surface area contributed by atoms with Crippen molar-refractivity contribution in [3.8, 4) is 0 Å². The van der Waals surface area contributed by atoms with Gasteiger partial charge in [-0.3, -0.25) is 4.79 Å². The second kappa shape index (κ2) is 11.4. The van der Waals surface area contributed by atoms with E-state index >= 15 is 0 Å². The van der Waals surface area contributed by atoms with Gasteiger partial charge >= 0.3 is 0 Å². The van der Waals surface area contributed by atoms with Crippen molar-refractivity contribution < 1.29 is 4.79 Å². The fourth-order valence-corrected chi connectivity index (χ4v) is 3.85. The number of likely N-dealkylation sites (tertiary alicyclic amines) is 1. The highest BCUT2D eigenvalue weighted by molar-refractivity contribution is 5.94. The van der Waals surface area contributed by atoms with Crippen molar-refractivity contribution in [3.05, 3.63) is 70.8 Å². The van der Waals surface area contributed by atoms with Crippen LogP contribution in [0.3, 0.4) is 0 Å². The number of hydrogen-bond acceptors (Lipinski definition) is 2. The van der Waals surface area contributed by atoms with Gasteiger partial charge in [0, 0.05) is 31.7 Å². The highest BCUT2D eigenvalue weighted by atomic mass is 16.2. The minimum atomic E-state index is 0.140. The van der Waals surface area contributed by atoms with Gasteiger partial charge < -0.3 is 15.5 Å². The molecule has 0 atom stereocenters. The van der Waals surface area contributed by atoms with Gasteiger partial charge in [0.2, 0.25) is 0 Å². The molecule has 1 saturated heterocycles. The summed E-state index contributed by atoms with van der Waals surface area (Å²) in [6.45, 7) is 8.05. The van der Waals surface area contributed by atoms with Gasteiger partial charge in [0.25, 0.3) is 5.91 Å². The van der Waals surface area contributed by atoms with E-state index in [1.165, 1.54) is 17.5 Å². The molecular weight excluding hydrogens is 372 g/mol. The van der Waals surface area contributed by atoms with Crippen molar-refractivity contribution in [1.29, 1.82) is 0 Å². The van der Waals surface area contributed by atoms with Crippen molar-refractivity contribution in [1.82, 2.24) is 15.5 Å². The minimum absolute atomic E-state index is 0.140. The van der Waals surface area contributed by atoms with E-state index in [0.29, 0.717) is 6.54 Å². The van der Waals surface area contributed by atoms with Gasteiger partial charge in [0.05, 0.1) is 6.54 Å². The Hall–Kier alpha value is -2.82. The lowest BCUT2D eigenvalue weighted by Gasteiger charge is -2.26. The fourth-order valence-electron chi connectivity index (χ4n) is 3.85. The maximum absolute atomic E-state index is 12.8. The molecule has 2 aromatic rings. The van der Waals surface area contributed by atoms with Gasteiger partial charge in [-0.1, -0.05) is 43.3 Å². The number of carbonyl (C=O) groups is 1. The van der Waals surface area contributed by atoms with E-state index in [9.17, 15) is 4.79 Å². The number of aryl methyl sites for hydroxylation is 1. The Morgan fingerprint density at radius 1 is 0.967 bits per heavy atom. The molecule has 160 valence electrons. The largest absolute Gasteiger partial charge is 0.357 e. The van der Waals surface area contributed by atoms with E-state index in [1.54, 1.807) is 0 Å². The Morgan fingerprint density at radius 2 is 1.73 bits per heavy atom. The first kappa shape index (κ1) is 21.9. The molecule has 0 radical (unpaired) electrons. The number of amides is 1. The zero-order valence-electron chi connectivity index (χ0n) is 18.3. The summed E-state index contributed by atoms with van der Waals surface area (Å²) in [5, 5.41) is 6.75. The number of benzene rings is 2. The molecule has 1 heterocycles. The van der Waals surface area contributed by atoms with Crippen molar-refractivity contribution in [2.45, 2.75) is 52.6 Å². The normalized spacial score (nSPS) is 14.5. The summed E-state index contributed by atoms with van der Waals surface area (Å²) in [7, 11) is 0. The molecule has 1 aliphatic heterocycles. The number of carbonyl (C=O) groups excluding carboxylic acids is 1. The van der Waals surface area contributed by atoms with Gasteiger partial charge in [-0.15, -0.1) is 0 Å². The van der Waals surface area contributed by atoms with Crippen LogP contribution in [0.5, 0.6) is 0 Å². The summed E-state index contributed by atoms with van der Waals surface area (Å²) in [5.41, 5.74) is 4.45. The summed E-state index contributed by atoms with van der Waals surface area (Å²) >= 11 is 0. The number of nitrogens with zero attached hydrogens (tertiary/aromatic N) is 2. The Bertz CT molecular complexity index is 856. The molecule has 1 aliphatic rings. The number of piperidine rings is 1. The van der Waals surface area contributed by atoms with Crippen LogP contribution in [0.2, 0.25) is 0 Å². The maximum atomic E-state index is 12.8. The van der Waals surface area contributed by atoms with Crippen LogP contribution in [0.4, 0.5) is 0 Å². The highest BCUT2D eigenvalue weighted by Crippen LogP contribution is 2.15. The number of aliphatic imine (C=N–C) groups is 1. The van der Waals surface area contributed by atoms with Crippen molar-refractivity contribution >= 4 is 11.9 Å². The van der Waals surface area contributed by atoms with E-state index in [-0.39, 0.29) is 5.91 Å². The highest BCUT2D eigenvalue weighted by Gasteiger charge is 2.18. The summed E-state index contributed by atoms with van der Waals surface area (Å²) in [6, 6.07) is 16.4. The number of rotatable bonds is 7. The van der Waals surface area contributed by atoms with Crippen LogP contribution < -0.4 is 10.6 Å². The minimum Gasteiger partial charge on any atom is -0.357 e. The lowest BCUT2D eigenvalue weighted by molar-refractivity contribution is 0.0724. The average molecular weight is 407 g/mol. The third-order valence-corrected chi connectivity index (χ3v) is 5.53. The predicted molar refractivity (Wildman–Crippen MR) is 124 cm³/mol. The topological polar surface area (TPSA) is 56.7 Å². The van der Waals surface area contributed by atoms with E-state index in [0.717, 1.165) is 62.5 Å². The summed E-state index contributed by atoms with van der Waals surface area (Å²) in [6.07, 6.45) is 4.45. The molecule has 2 aromatic carbocycles. The van der Waals surface area contributed by atoms with E-state index < -0.39 is 0 Å². The second-order valence-electron chi connectivity index (χ2n) is 7.72. The zero-order valence-corrected chi connectivity index (χ0v) is 18.3. The van der Waals surface area contributed by atoms with E-state index in [2.05, 4.69) is 48.7 Å². The molecule has 0 saturated carbocycles. The molecule has 1 amide bonds. The smallest absolute Gasteiger partial charge is 0.253 e. The van der Waals surface area contributed by atoms with Crippen LogP contribution in [-0.2, 0) is 19.5 Å². The maximum Gasteiger partial charge on any atom is 0.253 e. The quantitative estimate of drug-likeness (QED) is 0.537. The zero-order chi connectivity index (χ0) is 21.2. The number of hydrogen-bond donors (Lipinski definition) is 2. The monoisotopic (exact) mass is 406 g/mol. The summed E-state index contributed by atoms with van der Waals surface area (Å²) in [5.74, 6) is 0.929. The van der Waals surface area contributed by atoms with Gasteiger partial charge in [0.15, 0.2) is 5.96 Å². The molecule has 0 aromatic heterocycles. The summed E-state index contributed by atoms with van der Waals surface area (Å²) in [4.78, 5) is 19.5. The average Bonchev–Trinajstić information content (AvgIpc) is 2.81. The van der Waals surface area contributed by atoms with Gasteiger partial charge in [0.1, 0.15) is 0 Å². The predicted octanol–water partition coefficient (Wildman–Crippen LogP) is 4.13. The Kier molecular flexibility index (Phi) is 8.30. The van der Waals surface area contributed by atoms with Gasteiger partial charge in [-0.2, -0.15) is 0 Å². The molecular formula is C25H34N4O. The van der Waals surface area contributed by atoms with Crippen LogP contribution in [0, 0.1) is 0 Å². The standard InChI is InChI=1S/C25H34N4O/c1-3-21-12-6-7-13-23(21)19-28-25(26-4-2)27-18-20-11-10-14-22(17-20)24(30)29-15-8-5-9-16-29/h6-7,10-14,17H,3-5,8-9,15-16,18-19H2,1-2H3,(H2,26,27,28). The molecule has 0 bridgehead atoms. The molecule has 2 N–H and O–H groups in total. The molecule has 0 spiro atoms. The number of guanidine groups is 1. The first-order valence-electron chi connectivity index (χ1n) is 11.2. The van der Waals surface area contributed by atoms with Crippen molar-refractivity contribution in [2.24, 2.45) is 4.99 Å². The van der Waals surface area contributed by atoms with Crippen molar-refractivity contribution in [2.75, 3.05) is 19.6 Å². The van der Waals surface area contributed by atoms with Crippen LogP contribution in [0.1, 0.15) is 60.2 Å². The first-order chi connectivity index (χ1) is 14.7. The molecule has 30 heavy (non-hydrogen) atoms. The summed E-state index contributed by atoms with van der Waals surface area (Å²) < 4.78 is 0. The molecule has 5 heteroatoms. The van der Waals surface area contributed by atoms with Crippen LogP contribution in [-0.4, -0.2) is 36.4 Å². The van der Waals surface area contributed by atoms with Gasteiger partial charge in [-0.25, -0.2) is 4.99 Å². The Balaban J connectivity index is 1.64. The number of nitrogens with one attached hydrogen (secondary N) is 2. The van der Waals surface area contributed by atoms with Crippen LogP contribution >= 0.6 is 0 Å². The van der Waals surface area contributed by atoms with Crippen molar-refractivity contribution in [3.63, 3.8) is 0 Å². The second-order valence-corrected chi connectivity index (χ2v) is 7.72. The first-order valence-corrected chi connectivity index (χ1v) is 11.2. The molecule has 1 fully saturated rings. The van der Waals surface area contributed by atoms with E-state index in [1.807, 2.05) is 29.2 Å². The molecule has 3 rings (SSSR count). The fraction of sp³-hybridized carbons (Fsp3) is 0.440. The SMILES string of the molecule is CCNC(=NCc1cccc(C(=O)N2CCCCC2)c1)NCc1ccccc1CC. The lowest BCUT2D eigenvalue weighted by Crippen LogP contribution is -2.37. The van der Waals surface area contributed by atoms with Gasteiger partial charge in [-0.05, 0) is 61.4 Å². The van der Waals surface area contributed by atoms with E-state index in [4.69, 9.17) is 4.99 Å². The molecule has 0 aliphatic carbocycles.